The van der Waals surface area contributed by atoms with Crippen LogP contribution in [0.4, 0.5) is 5.82 Å². The van der Waals surface area contributed by atoms with Crippen molar-refractivity contribution in [3.63, 3.8) is 0 Å². The molecule has 0 bridgehead atoms. The van der Waals surface area contributed by atoms with E-state index in [-0.39, 0.29) is 18.7 Å². The fourth-order valence-corrected chi connectivity index (χ4v) is 2.37. The van der Waals surface area contributed by atoms with Crippen LogP contribution in [0, 0.1) is 11.3 Å². The maximum Gasteiger partial charge on any atom is 0.300 e. The molecule has 114 valence electrons. The molecule has 0 atom stereocenters. The van der Waals surface area contributed by atoms with Crippen LogP contribution in [-0.4, -0.2) is 15.3 Å². The summed E-state index contributed by atoms with van der Waals surface area (Å²) in [5.74, 6) is -0.600. The van der Waals surface area contributed by atoms with Crippen molar-refractivity contribution < 1.29 is 14.5 Å². The first kappa shape index (κ1) is 14.5. The largest absolute Gasteiger partial charge is 0.839 e. The standard InChI is InChI=1S/C16H13N5O2/c17-8-5-11-21-13-7-2-4-10-20(13)14(16(21)23)15(22)19-12-6-1-3-9-18-12/h1-4,6-7,9-10H,5,11H2,(H-,18,19,22,23). The number of fused-ring (bicyclic) bond motifs is 1. The lowest BCUT2D eigenvalue weighted by molar-refractivity contribution is -0.711. The molecule has 0 saturated heterocycles. The Labute approximate surface area is 132 Å². The molecule has 3 rings (SSSR count). The average molecular weight is 307 g/mol. The third kappa shape index (κ3) is 2.70. The fourth-order valence-electron chi connectivity index (χ4n) is 2.37. The molecule has 0 fully saturated rings. The van der Waals surface area contributed by atoms with Crippen LogP contribution in [0.1, 0.15) is 16.9 Å². The second-order valence-corrected chi connectivity index (χ2v) is 4.81. The zero-order chi connectivity index (χ0) is 16.2. The van der Waals surface area contributed by atoms with Crippen molar-refractivity contribution in [2.75, 3.05) is 5.32 Å². The monoisotopic (exact) mass is 307 g/mol. The van der Waals surface area contributed by atoms with Crippen LogP contribution in [0.5, 0.6) is 5.88 Å². The van der Waals surface area contributed by atoms with Crippen molar-refractivity contribution in [1.82, 2.24) is 9.38 Å². The average Bonchev–Trinajstić information content (AvgIpc) is 2.85. The number of rotatable bonds is 4. The van der Waals surface area contributed by atoms with Gasteiger partial charge in [0.2, 0.25) is 5.69 Å². The maximum atomic E-state index is 12.6. The predicted molar refractivity (Wildman–Crippen MR) is 79.5 cm³/mol. The number of imidazole rings is 1. The summed E-state index contributed by atoms with van der Waals surface area (Å²) in [5, 5.41) is 23.9. The Morgan fingerprint density at radius 3 is 2.91 bits per heavy atom. The number of nitrogens with one attached hydrogen (secondary N) is 1. The SMILES string of the molecule is N#CCC[n+]1c([O-])c(C(=O)Nc2ccccn2)n2ccccc21. The molecule has 0 aliphatic carbocycles. The molecule has 7 nitrogen and oxygen atoms in total. The highest BCUT2D eigenvalue weighted by Gasteiger charge is 2.25. The summed E-state index contributed by atoms with van der Waals surface area (Å²) < 4.78 is 2.95. The van der Waals surface area contributed by atoms with Gasteiger partial charge >= 0.3 is 0 Å². The van der Waals surface area contributed by atoms with Crippen molar-refractivity contribution in [2.24, 2.45) is 0 Å². The Morgan fingerprint density at radius 1 is 1.35 bits per heavy atom. The van der Waals surface area contributed by atoms with Gasteiger partial charge in [0.05, 0.1) is 18.7 Å². The van der Waals surface area contributed by atoms with Crippen LogP contribution < -0.4 is 15.0 Å². The fraction of sp³-hybridized carbons (Fsp3) is 0.125. The van der Waals surface area contributed by atoms with E-state index in [0.29, 0.717) is 11.5 Å². The number of aryl methyl sites for hydroxylation is 1. The summed E-state index contributed by atoms with van der Waals surface area (Å²) in [6.07, 6.45) is 3.39. The van der Waals surface area contributed by atoms with Gasteiger partial charge < -0.3 is 10.4 Å². The zero-order valence-electron chi connectivity index (χ0n) is 12.1. The molecular weight excluding hydrogens is 294 g/mol. The third-order valence-corrected chi connectivity index (χ3v) is 3.37. The van der Waals surface area contributed by atoms with Gasteiger partial charge in [-0.25, -0.2) is 9.55 Å². The topological polar surface area (TPSA) is 97.1 Å². The summed E-state index contributed by atoms with van der Waals surface area (Å²) in [5.41, 5.74) is 0.558. The van der Waals surface area contributed by atoms with E-state index in [0.717, 1.165) is 0 Å². The van der Waals surface area contributed by atoms with Gasteiger partial charge in [-0.3, -0.25) is 4.79 Å². The van der Waals surface area contributed by atoms with Gasteiger partial charge in [0.15, 0.2) is 0 Å². The first-order valence-corrected chi connectivity index (χ1v) is 7.01. The van der Waals surface area contributed by atoms with Gasteiger partial charge in [-0.15, -0.1) is 0 Å². The lowest BCUT2D eigenvalue weighted by Crippen LogP contribution is -2.36. The van der Waals surface area contributed by atoms with Gasteiger partial charge in [0, 0.05) is 12.3 Å². The van der Waals surface area contributed by atoms with Gasteiger partial charge in [0.25, 0.3) is 11.6 Å². The Balaban J connectivity index is 2.05. The molecule has 3 aromatic rings. The molecular formula is C16H13N5O2. The Morgan fingerprint density at radius 2 is 2.17 bits per heavy atom. The third-order valence-electron chi connectivity index (χ3n) is 3.37. The van der Waals surface area contributed by atoms with Crippen molar-refractivity contribution in [1.29, 1.82) is 5.26 Å². The van der Waals surface area contributed by atoms with E-state index in [1.807, 2.05) is 6.07 Å². The summed E-state index contributed by atoms with van der Waals surface area (Å²) in [6.45, 7) is 0.236. The summed E-state index contributed by atoms with van der Waals surface area (Å²) in [7, 11) is 0. The van der Waals surface area contributed by atoms with Crippen LogP contribution >= 0.6 is 0 Å². The van der Waals surface area contributed by atoms with Gasteiger partial charge in [-0.05, 0) is 18.2 Å². The zero-order valence-corrected chi connectivity index (χ0v) is 12.1. The van der Waals surface area contributed by atoms with E-state index >= 15 is 0 Å². The number of carbonyl (C=O) groups is 1. The first-order chi connectivity index (χ1) is 11.2. The Bertz CT molecular complexity index is 896. The van der Waals surface area contributed by atoms with Crippen molar-refractivity contribution >= 4 is 17.4 Å². The molecule has 0 spiro atoms. The normalized spacial score (nSPS) is 10.4. The molecule has 1 N–H and O–H groups in total. The van der Waals surface area contributed by atoms with Crippen molar-refractivity contribution in [3.05, 3.63) is 54.5 Å². The number of hydrogen-bond donors (Lipinski definition) is 1. The Hall–Kier alpha value is -3.40. The summed E-state index contributed by atoms with van der Waals surface area (Å²) in [6, 6.07) is 12.4. The Kier molecular flexibility index (Phi) is 3.89. The van der Waals surface area contributed by atoms with Crippen molar-refractivity contribution in [3.8, 4) is 11.9 Å². The molecule has 0 aliphatic rings. The van der Waals surface area contributed by atoms with Crippen molar-refractivity contribution in [2.45, 2.75) is 13.0 Å². The molecule has 0 saturated carbocycles. The minimum Gasteiger partial charge on any atom is -0.839 e. The van der Waals surface area contributed by atoms with E-state index < -0.39 is 11.8 Å². The molecule has 0 aromatic carbocycles. The first-order valence-electron chi connectivity index (χ1n) is 7.01. The molecule has 0 radical (unpaired) electrons. The highest BCUT2D eigenvalue weighted by atomic mass is 16.3. The maximum absolute atomic E-state index is 12.6. The number of pyridine rings is 2. The van der Waals surface area contributed by atoms with E-state index in [1.165, 1.54) is 8.97 Å². The smallest absolute Gasteiger partial charge is 0.300 e. The molecule has 0 aliphatic heterocycles. The van der Waals surface area contributed by atoms with E-state index in [9.17, 15) is 9.90 Å². The summed E-state index contributed by atoms with van der Waals surface area (Å²) in [4.78, 5) is 16.5. The number of carbonyl (C=O) groups excluding carboxylic acids is 1. The van der Waals surface area contributed by atoms with Gasteiger partial charge in [-0.1, -0.05) is 12.1 Å². The highest BCUT2D eigenvalue weighted by Crippen LogP contribution is 2.16. The molecule has 3 aromatic heterocycles. The lowest BCUT2D eigenvalue weighted by Gasteiger charge is -2.06. The number of aromatic nitrogens is 3. The predicted octanol–water partition coefficient (Wildman–Crippen LogP) is 0.861. The molecule has 1 amide bonds. The number of amides is 1. The lowest BCUT2D eigenvalue weighted by atomic mass is 10.3. The summed E-state index contributed by atoms with van der Waals surface area (Å²) >= 11 is 0. The number of hydrogen-bond acceptors (Lipinski definition) is 4. The van der Waals surface area contributed by atoms with Crippen LogP contribution in [0.3, 0.4) is 0 Å². The molecule has 3 heterocycles. The number of nitrogens with zero attached hydrogens (tertiary/aromatic N) is 4. The van der Waals surface area contributed by atoms with E-state index in [2.05, 4.69) is 10.3 Å². The quantitative estimate of drug-likeness (QED) is 0.723. The minimum absolute atomic E-state index is 0.0100. The van der Waals surface area contributed by atoms with Gasteiger partial charge in [-0.2, -0.15) is 9.66 Å². The van der Waals surface area contributed by atoms with Crippen LogP contribution in [-0.2, 0) is 6.54 Å². The van der Waals surface area contributed by atoms with E-state index in [4.69, 9.17) is 5.26 Å². The number of nitriles is 1. The van der Waals surface area contributed by atoms with E-state index in [1.54, 1.807) is 48.8 Å². The minimum atomic E-state index is -0.536. The molecule has 0 unspecified atom stereocenters. The highest BCUT2D eigenvalue weighted by molar-refractivity contribution is 6.04. The number of anilines is 1. The van der Waals surface area contributed by atoms with Crippen LogP contribution in [0.25, 0.3) is 5.65 Å². The second kappa shape index (κ2) is 6.15. The van der Waals surface area contributed by atoms with Gasteiger partial charge in [0.1, 0.15) is 18.2 Å². The van der Waals surface area contributed by atoms with Crippen LogP contribution in [0.15, 0.2) is 48.8 Å². The van der Waals surface area contributed by atoms with Crippen LogP contribution in [0.2, 0.25) is 0 Å². The second-order valence-electron chi connectivity index (χ2n) is 4.81. The molecule has 23 heavy (non-hydrogen) atoms. The molecule has 7 heteroatoms.